The van der Waals surface area contributed by atoms with E-state index in [9.17, 15) is 0 Å². The summed E-state index contributed by atoms with van der Waals surface area (Å²) in [5.74, 6) is 0.881. The normalized spacial score (nSPS) is 9.37. The Balaban J connectivity index is 0.000000250. The van der Waals surface area contributed by atoms with E-state index in [1.54, 1.807) is 18.6 Å². The fourth-order valence-electron chi connectivity index (χ4n) is 1.40. The SMILES string of the molecule is CCNCc1ncccc1OCC.c1ccncc1. The summed E-state index contributed by atoms with van der Waals surface area (Å²) in [5.41, 5.74) is 0.978. The largest absolute Gasteiger partial charge is 0.492 e. The molecule has 102 valence electrons. The van der Waals surface area contributed by atoms with Gasteiger partial charge in [-0.05, 0) is 37.7 Å². The average molecular weight is 259 g/mol. The molecule has 1 N–H and O–H groups in total. The van der Waals surface area contributed by atoms with E-state index < -0.39 is 0 Å². The number of hydrogen-bond acceptors (Lipinski definition) is 4. The molecule has 2 aromatic rings. The van der Waals surface area contributed by atoms with Crippen molar-refractivity contribution in [2.45, 2.75) is 20.4 Å². The Bertz CT molecular complexity index is 408. The molecule has 4 nitrogen and oxygen atoms in total. The van der Waals surface area contributed by atoms with E-state index in [0.29, 0.717) is 6.61 Å². The molecule has 0 saturated heterocycles. The third-order valence-corrected chi connectivity index (χ3v) is 2.26. The predicted molar refractivity (Wildman–Crippen MR) is 77.0 cm³/mol. The zero-order chi connectivity index (χ0) is 13.8. The van der Waals surface area contributed by atoms with Gasteiger partial charge in [-0.25, -0.2) is 0 Å². The molecular formula is C15H21N3O. The van der Waals surface area contributed by atoms with Crippen LogP contribution in [-0.4, -0.2) is 23.1 Å². The predicted octanol–water partition coefficient (Wildman–Crippen LogP) is 2.67. The van der Waals surface area contributed by atoms with E-state index in [-0.39, 0.29) is 0 Å². The van der Waals surface area contributed by atoms with Crippen molar-refractivity contribution < 1.29 is 4.74 Å². The molecule has 0 aliphatic carbocycles. The topological polar surface area (TPSA) is 47.0 Å². The number of aromatic nitrogens is 2. The highest BCUT2D eigenvalue weighted by Crippen LogP contribution is 2.14. The lowest BCUT2D eigenvalue weighted by Crippen LogP contribution is -2.14. The number of hydrogen-bond donors (Lipinski definition) is 1. The van der Waals surface area contributed by atoms with Crippen LogP contribution >= 0.6 is 0 Å². The molecule has 19 heavy (non-hydrogen) atoms. The summed E-state index contributed by atoms with van der Waals surface area (Å²) in [6.07, 6.45) is 5.29. The van der Waals surface area contributed by atoms with Crippen molar-refractivity contribution in [3.05, 3.63) is 54.6 Å². The first kappa shape index (κ1) is 15.1. The molecule has 4 heteroatoms. The van der Waals surface area contributed by atoms with Crippen molar-refractivity contribution >= 4 is 0 Å². The van der Waals surface area contributed by atoms with Gasteiger partial charge in [0.15, 0.2) is 0 Å². The molecule has 0 atom stereocenters. The summed E-state index contributed by atoms with van der Waals surface area (Å²) >= 11 is 0. The Morgan fingerprint density at radius 3 is 2.37 bits per heavy atom. The molecule has 0 radical (unpaired) electrons. The summed E-state index contributed by atoms with van der Waals surface area (Å²) in [5, 5.41) is 3.22. The van der Waals surface area contributed by atoms with Crippen LogP contribution in [0.3, 0.4) is 0 Å². The number of rotatable bonds is 5. The van der Waals surface area contributed by atoms with Crippen LogP contribution in [0.2, 0.25) is 0 Å². The van der Waals surface area contributed by atoms with Gasteiger partial charge >= 0.3 is 0 Å². The maximum atomic E-state index is 5.43. The van der Waals surface area contributed by atoms with E-state index >= 15 is 0 Å². The van der Waals surface area contributed by atoms with Crippen LogP contribution in [0.5, 0.6) is 5.75 Å². The minimum atomic E-state index is 0.685. The first-order valence-corrected chi connectivity index (χ1v) is 6.50. The Labute approximate surface area is 114 Å². The first-order chi connectivity index (χ1) is 9.38. The van der Waals surface area contributed by atoms with E-state index in [0.717, 1.165) is 24.5 Å². The van der Waals surface area contributed by atoms with Gasteiger partial charge in [0.1, 0.15) is 5.75 Å². The van der Waals surface area contributed by atoms with E-state index in [1.807, 2.05) is 37.3 Å². The lowest BCUT2D eigenvalue weighted by molar-refractivity contribution is 0.333. The summed E-state index contributed by atoms with van der Waals surface area (Å²) in [6, 6.07) is 9.55. The number of nitrogens with one attached hydrogen (secondary N) is 1. The van der Waals surface area contributed by atoms with E-state index in [1.165, 1.54) is 0 Å². The highest BCUT2D eigenvalue weighted by atomic mass is 16.5. The van der Waals surface area contributed by atoms with Crippen molar-refractivity contribution in [1.29, 1.82) is 0 Å². The van der Waals surface area contributed by atoms with Crippen LogP contribution in [0.25, 0.3) is 0 Å². The van der Waals surface area contributed by atoms with Gasteiger partial charge in [0.05, 0.1) is 12.3 Å². The van der Waals surface area contributed by atoms with Crippen molar-refractivity contribution in [3.8, 4) is 5.75 Å². The smallest absolute Gasteiger partial charge is 0.142 e. The van der Waals surface area contributed by atoms with Gasteiger partial charge in [-0.2, -0.15) is 0 Å². The van der Waals surface area contributed by atoms with Gasteiger partial charge in [0, 0.05) is 25.1 Å². The molecule has 0 saturated carbocycles. The van der Waals surface area contributed by atoms with Gasteiger partial charge in [0.2, 0.25) is 0 Å². The minimum Gasteiger partial charge on any atom is -0.492 e. The molecule has 0 aromatic carbocycles. The van der Waals surface area contributed by atoms with Crippen molar-refractivity contribution in [2.24, 2.45) is 0 Å². The second kappa shape index (κ2) is 10.0. The van der Waals surface area contributed by atoms with Crippen LogP contribution in [0.1, 0.15) is 19.5 Å². The van der Waals surface area contributed by atoms with Gasteiger partial charge in [-0.3, -0.25) is 9.97 Å². The number of pyridine rings is 2. The molecule has 0 amide bonds. The van der Waals surface area contributed by atoms with Crippen molar-refractivity contribution in [1.82, 2.24) is 15.3 Å². The van der Waals surface area contributed by atoms with Crippen LogP contribution in [0.15, 0.2) is 48.9 Å². The number of nitrogens with zero attached hydrogens (tertiary/aromatic N) is 2. The quantitative estimate of drug-likeness (QED) is 0.896. The fourth-order valence-corrected chi connectivity index (χ4v) is 1.40. The van der Waals surface area contributed by atoms with Gasteiger partial charge < -0.3 is 10.1 Å². The maximum absolute atomic E-state index is 5.43. The molecular weight excluding hydrogens is 238 g/mol. The maximum Gasteiger partial charge on any atom is 0.142 e. The molecule has 0 spiro atoms. The fraction of sp³-hybridized carbons (Fsp3) is 0.333. The average Bonchev–Trinajstić information content (AvgIpc) is 2.49. The van der Waals surface area contributed by atoms with Crippen LogP contribution in [-0.2, 0) is 6.54 Å². The van der Waals surface area contributed by atoms with Crippen LogP contribution in [0.4, 0.5) is 0 Å². The highest BCUT2D eigenvalue weighted by molar-refractivity contribution is 5.26. The third kappa shape index (κ3) is 6.52. The van der Waals surface area contributed by atoms with Crippen LogP contribution < -0.4 is 10.1 Å². The standard InChI is InChI=1S/C10H16N2O.C5H5N/c1-3-11-8-9-10(13-4-2)6-5-7-12-9;1-2-4-6-5-3-1/h5-7,11H,3-4,8H2,1-2H3;1-5H. The summed E-state index contributed by atoms with van der Waals surface area (Å²) in [4.78, 5) is 8.03. The molecule has 2 aromatic heterocycles. The summed E-state index contributed by atoms with van der Waals surface area (Å²) in [7, 11) is 0. The molecule has 0 bridgehead atoms. The molecule has 0 aliphatic rings. The van der Waals surface area contributed by atoms with Crippen molar-refractivity contribution in [2.75, 3.05) is 13.2 Å². The number of ether oxygens (including phenoxy) is 1. The van der Waals surface area contributed by atoms with Crippen molar-refractivity contribution in [3.63, 3.8) is 0 Å². The Morgan fingerprint density at radius 1 is 1.05 bits per heavy atom. The summed E-state index contributed by atoms with van der Waals surface area (Å²) in [6.45, 7) is 6.45. The second-order valence-corrected chi connectivity index (χ2v) is 3.69. The third-order valence-electron chi connectivity index (χ3n) is 2.26. The first-order valence-electron chi connectivity index (χ1n) is 6.50. The summed E-state index contributed by atoms with van der Waals surface area (Å²) < 4.78 is 5.43. The second-order valence-electron chi connectivity index (χ2n) is 3.69. The molecule has 0 fully saturated rings. The Kier molecular flexibility index (Phi) is 7.98. The zero-order valence-corrected chi connectivity index (χ0v) is 11.5. The minimum absolute atomic E-state index is 0.685. The molecule has 2 heterocycles. The highest BCUT2D eigenvalue weighted by Gasteiger charge is 2.01. The zero-order valence-electron chi connectivity index (χ0n) is 11.5. The monoisotopic (exact) mass is 259 g/mol. The van der Waals surface area contributed by atoms with E-state index in [2.05, 4.69) is 22.2 Å². The Hall–Kier alpha value is -1.94. The van der Waals surface area contributed by atoms with Gasteiger partial charge in [0.25, 0.3) is 0 Å². The molecule has 0 unspecified atom stereocenters. The Morgan fingerprint density at radius 2 is 1.84 bits per heavy atom. The lowest BCUT2D eigenvalue weighted by Gasteiger charge is -2.08. The van der Waals surface area contributed by atoms with E-state index in [4.69, 9.17) is 4.74 Å². The van der Waals surface area contributed by atoms with Crippen LogP contribution in [0, 0.1) is 0 Å². The lowest BCUT2D eigenvalue weighted by atomic mass is 10.3. The molecule has 0 aliphatic heterocycles. The van der Waals surface area contributed by atoms with Gasteiger partial charge in [-0.15, -0.1) is 0 Å². The molecule has 2 rings (SSSR count). The van der Waals surface area contributed by atoms with Gasteiger partial charge in [-0.1, -0.05) is 13.0 Å².